The van der Waals surface area contributed by atoms with E-state index in [-0.39, 0.29) is 17.0 Å². The van der Waals surface area contributed by atoms with Crippen LogP contribution in [0.1, 0.15) is 43.5 Å². The lowest BCUT2D eigenvalue weighted by Crippen LogP contribution is -2.19. The minimum atomic E-state index is -0.286. The van der Waals surface area contributed by atoms with Crippen LogP contribution in [0.4, 0.5) is 4.39 Å². The van der Waals surface area contributed by atoms with Crippen LogP contribution < -0.4 is 0 Å². The summed E-state index contributed by atoms with van der Waals surface area (Å²) in [4.78, 5) is 17.1. The molecule has 0 amide bonds. The zero-order valence-electron chi connectivity index (χ0n) is 13.3. The zero-order valence-corrected chi connectivity index (χ0v) is 14.9. The van der Waals surface area contributed by atoms with Gasteiger partial charge in [0.2, 0.25) is 0 Å². The van der Waals surface area contributed by atoms with Crippen LogP contribution in [0.3, 0.4) is 0 Å². The number of carbonyl (C=O) groups excluding carboxylic acids is 1. The van der Waals surface area contributed by atoms with Crippen LogP contribution in [-0.2, 0) is 0 Å². The molecule has 0 bridgehead atoms. The van der Waals surface area contributed by atoms with E-state index in [1.54, 1.807) is 24.3 Å². The highest BCUT2D eigenvalue weighted by atomic mass is 79.9. The van der Waals surface area contributed by atoms with Crippen LogP contribution in [-0.4, -0.2) is 10.8 Å². The molecule has 1 fully saturated rings. The second-order valence-corrected chi connectivity index (χ2v) is 7.75. The summed E-state index contributed by atoms with van der Waals surface area (Å²) >= 11 is 3.38. The minimum absolute atomic E-state index is 0.0445. The zero-order chi connectivity index (χ0) is 16.6. The van der Waals surface area contributed by atoms with Gasteiger partial charge in [0.15, 0.2) is 5.78 Å². The van der Waals surface area contributed by atoms with E-state index in [4.69, 9.17) is 0 Å². The summed E-state index contributed by atoms with van der Waals surface area (Å²) in [5.74, 6) is 0.507. The van der Waals surface area contributed by atoms with Crippen LogP contribution >= 0.6 is 15.9 Å². The van der Waals surface area contributed by atoms with E-state index in [0.29, 0.717) is 28.2 Å². The highest BCUT2D eigenvalue weighted by molar-refractivity contribution is 9.10. The average molecular weight is 376 g/mol. The molecule has 2 nitrogen and oxygen atoms in total. The number of ketones is 1. The summed E-state index contributed by atoms with van der Waals surface area (Å²) < 4.78 is 13.7. The normalized spacial score (nSPS) is 14.8. The summed E-state index contributed by atoms with van der Waals surface area (Å²) in [6.45, 7) is 4.33. The maximum Gasteiger partial charge on any atom is 0.163 e. The molecule has 0 saturated heterocycles. The second kappa shape index (κ2) is 6.16. The van der Waals surface area contributed by atoms with Crippen LogP contribution in [0, 0.1) is 17.2 Å². The molecule has 0 atom stereocenters. The highest BCUT2D eigenvalue weighted by Crippen LogP contribution is 2.47. The number of carbonyl (C=O) groups is 1. The number of rotatable bonds is 5. The van der Waals surface area contributed by atoms with Crippen molar-refractivity contribution in [1.29, 1.82) is 0 Å². The van der Waals surface area contributed by atoms with Crippen molar-refractivity contribution in [2.24, 2.45) is 11.3 Å². The van der Waals surface area contributed by atoms with Crippen LogP contribution in [0.2, 0.25) is 0 Å². The van der Waals surface area contributed by atoms with Crippen molar-refractivity contribution < 1.29 is 9.18 Å². The van der Waals surface area contributed by atoms with Crippen molar-refractivity contribution in [3.63, 3.8) is 0 Å². The molecule has 2 aromatic rings. The van der Waals surface area contributed by atoms with Gasteiger partial charge in [0.25, 0.3) is 0 Å². The first kappa shape index (κ1) is 16.3. The Balaban J connectivity index is 1.88. The summed E-state index contributed by atoms with van der Waals surface area (Å²) in [7, 11) is 0. The number of halogens is 2. The molecular formula is C19H19BrFNO. The standard InChI is InChI=1S/C19H19BrFNO/c1-19(2,14-5-6-14)11-17(23)13-9-16(22-18(20)10-13)12-3-7-15(21)8-4-12/h3-4,7-10,14H,5-6,11H2,1-2H3. The third kappa shape index (κ3) is 3.86. The Morgan fingerprint density at radius 2 is 1.91 bits per heavy atom. The van der Waals surface area contributed by atoms with Gasteiger partial charge in [0.05, 0.1) is 5.69 Å². The summed E-state index contributed by atoms with van der Waals surface area (Å²) in [6, 6.07) is 9.70. The SMILES string of the molecule is CC(C)(CC(=O)c1cc(Br)nc(-c2ccc(F)cc2)c1)C1CC1. The molecular weight excluding hydrogens is 357 g/mol. The lowest BCUT2D eigenvalue weighted by molar-refractivity contribution is 0.0917. The Morgan fingerprint density at radius 1 is 1.26 bits per heavy atom. The van der Waals surface area contributed by atoms with Gasteiger partial charge in [-0.1, -0.05) is 13.8 Å². The maximum atomic E-state index is 13.1. The minimum Gasteiger partial charge on any atom is -0.294 e. The molecule has 1 aliphatic rings. The van der Waals surface area contributed by atoms with E-state index < -0.39 is 0 Å². The number of Topliss-reactive ketones (excluding diaryl/α,β-unsaturated/α-hetero) is 1. The first-order valence-electron chi connectivity index (χ1n) is 7.82. The number of nitrogens with zero attached hydrogens (tertiary/aromatic N) is 1. The van der Waals surface area contributed by atoms with Gasteiger partial charge >= 0.3 is 0 Å². The van der Waals surface area contributed by atoms with Crippen LogP contribution in [0.15, 0.2) is 41.0 Å². The van der Waals surface area contributed by atoms with Crippen molar-refractivity contribution in [2.75, 3.05) is 0 Å². The van der Waals surface area contributed by atoms with E-state index in [1.807, 2.05) is 0 Å². The van der Waals surface area contributed by atoms with Gasteiger partial charge in [-0.2, -0.15) is 0 Å². The Kier molecular flexibility index (Phi) is 4.37. The molecule has 4 heteroatoms. The monoisotopic (exact) mass is 375 g/mol. The molecule has 1 aromatic heterocycles. The van der Waals surface area contributed by atoms with Crippen molar-refractivity contribution >= 4 is 21.7 Å². The number of pyridine rings is 1. The van der Waals surface area contributed by atoms with E-state index in [1.165, 1.54) is 25.0 Å². The van der Waals surface area contributed by atoms with Gasteiger partial charge in [-0.05, 0) is 76.5 Å². The second-order valence-electron chi connectivity index (χ2n) is 6.93. The Bertz CT molecular complexity index is 736. The lowest BCUT2D eigenvalue weighted by Gasteiger charge is -2.23. The number of hydrogen-bond donors (Lipinski definition) is 0. The van der Waals surface area contributed by atoms with Gasteiger partial charge in [-0.15, -0.1) is 0 Å². The summed E-state index contributed by atoms with van der Waals surface area (Å²) in [6.07, 6.45) is 2.99. The molecule has 0 spiro atoms. The number of hydrogen-bond acceptors (Lipinski definition) is 2. The predicted octanol–water partition coefficient (Wildman–Crippen LogP) is 5.66. The quantitative estimate of drug-likeness (QED) is 0.498. The highest BCUT2D eigenvalue weighted by Gasteiger charge is 2.39. The third-order valence-electron chi connectivity index (χ3n) is 4.55. The molecule has 3 rings (SSSR count). The summed E-state index contributed by atoms with van der Waals surface area (Å²) in [5.41, 5.74) is 2.16. The fraction of sp³-hybridized carbons (Fsp3) is 0.368. The summed E-state index contributed by atoms with van der Waals surface area (Å²) in [5, 5.41) is 0. The average Bonchev–Trinajstić information content (AvgIpc) is 3.32. The molecule has 23 heavy (non-hydrogen) atoms. The molecule has 1 aliphatic carbocycles. The molecule has 1 heterocycles. The molecule has 0 unspecified atom stereocenters. The van der Waals surface area contributed by atoms with E-state index in [2.05, 4.69) is 34.8 Å². The maximum absolute atomic E-state index is 13.1. The van der Waals surface area contributed by atoms with Gasteiger partial charge < -0.3 is 0 Å². The van der Waals surface area contributed by atoms with Crippen molar-refractivity contribution in [1.82, 2.24) is 4.98 Å². The van der Waals surface area contributed by atoms with Gasteiger partial charge in [-0.3, -0.25) is 4.79 Å². The fourth-order valence-corrected chi connectivity index (χ4v) is 3.39. The topological polar surface area (TPSA) is 30.0 Å². The Labute approximate surface area is 144 Å². The smallest absolute Gasteiger partial charge is 0.163 e. The molecule has 120 valence electrons. The molecule has 0 radical (unpaired) electrons. The van der Waals surface area contributed by atoms with Crippen LogP contribution in [0.25, 0.3) is 11.3 Å². The fourth-order valence-electron chi connectivity index (χ4n) is 2.95. The van der Waals surface area contributed by atoms with E-state index >= 15 is 0 Å². The van der Waals surface area contributed by atoms with Crippen molar-refractivity contribution in [2.45, 2.75) is 33.1 Å². The van der Waals surface area contributed by atoms with E-state index in [9.17, 15) is 9.18 Å². The van der Waals surface area contributed by atoms with Gasteiger partial charge in [-0.25, -0.2) is 9.37 Å². The molecule has 0 aliphatic heterocycles. The number of aromatic nitrogens is 1. The van der Waals surface area contributed by atoms with E-state index in [0.717, 1.165) is 5.56 Å². The van der Waals surface area contributed by atoms with Gasteiger partial charge in [0.1, 0.15) is 10.4 Å². The van der Waals surface area contributed by atoms with Crippen molar-refractivity contribution in [3.05, 3.63) is 52.4 Å². The molecule has 1 saturated carbocycles. The Morgan fingerprint density at radius 3 is 2.52 bits per heavy atom. The lowest BCUT2D eigenvalue weighted by atomic mass is 9.81. The van der Waals surface area contributed by atoms with Crippen LogP contribution in [0.5, 0.6) is 0 Å². The van der Waals surface area contributed by atoms with Gasteiger partial charge in [0, 0.05) is 17.5 Å². The first-order valence-corrected chi connectivity index (χ1v) is 8.61. The first-order chi connectivity index (χ1) is 10.8. The molecule has 0 N–H and O–H groups in total. The largest absolute Gasteiger partial charge is 0.294 e. The number of benzene rings is 1. The predicted molar refractivity (Wildman–Crippen MR) is 92.8 cm³/mol. The third-order valence-corrected chi connectivity index (χ3v) is 4.96. The van der Waals surface area contributed by atoms with Crippen molar-refractivity contribution in [3.8, 4) is 11.3 Å². The molecule has 1 aromatic carbocycles. The Hall–Kier alpha value is -1.55.